The Hall–Kier alpha value is -1.94. The van der Waals surface area contributed by atoms with E-state index in [1.807, 2.05) is 0 Å². The number of hydrogen-bond acceptors (Lipinski definition) is 15. The summed E-state index contributed by atoms with van der Waals surface area (Å²) in [5.41, 5.74) is 0. The Balaban J connectivity index is 5.22. The molecule has 0 radical (unpaired) electrons. The van der Waals surface area contributed by atoms with Crippen molar-refractivity contribution in [2.75, 3.05) is 39.6 Å². The van der Waals surface area contributed by atoms with Gasteiger partial charge in [0, 0.05) is 25.7 Å². The molecule has 0 saturated heterocycles. The van der Waals surface area contributed by atoms with Gasteiger partial charge in [-0.05, 0) is 49.4 Å². The minimum atomic E-state index is -4.96. The largest absolute Gasteiger partial charge is 0.472 e. The van der Waals surface area contributed by atoms with Crippen molar-refractivity contribution >= 4 is 39.5 Å². The van der Waals surface area contributed by atoms with E-state index >= 15 is 0 Å². The zero-order valence-electron chi connectivity index (χ0n) is 68.0. The lowest BCUT2D eigenvalue weighted by Gasteiger charge is -2.21. The van der Waals surface area contributed by atoms with E-state index in [-0.39, 0.29) is 25.7 Å². The molecule has 0 aliphatic heterocycles. The predicted octanol–water partition coefficient (Wildman–Crippen LogP) is 25.2. The van der Waals surface area contributed by atoms with Crippen molar-refractivity contribution in [3.63, 3.8) is 0 Å². The molecule has 0 saturated carbocycles. The number of unbranched alkanes of at least 4 members (excludes halogenated alkanes) is 45. The maximum Gasteiger partial charge on any atom is 0.472 e. The molecule has 612 valence electrons. The second-order valence-electron chi connectivity index (χ2n) is 31.7. The van der Waals surface area contributed by atoms with Crippen LogP contribution >= 0.6 is 15.6 Å². The summed E-state index contributed by atoms with van der Waals surface area (Å²) in [7, 11) is -9.93. The number of hydrogen-bond donors (Lipinski definition) is 3. The van der Waals surface area contributed by atoms with Crippen LogP contribution in [0.1, 0.15) is 434 Å². The molecule has 17 nitrogen and oxygen atoms in total. The van der Waals surface area contributed by atoms with Crippen LogP contribution in [-0.4, -0.2) is 96.7 Å². The van der Waals surface area contributed by atoms with E-state index in [1.54, 1.807) is 0 Å². The van der Waals surface area contributed by atoms with E-state index in [2.05, 4.69) is 55.4 Å². The zero-order chi connectivity index (χ0) is 76.0. The maximum atomic E-state index is 13.1. The fourth-order valence-corrected chi connectivity index (χ4v) is 14.5. The Kier molecular flexibility index (Phi) is 71.5. The van der Waals surface area contributed by atoms with Gasteiger partial charge in [0.1, 0.15) is 19.3 Å². The van der Waals surface area contributed by atoms with Gasteiger partial charge in [0.15, 0.2) is 12.2 Å². The molecule has 103 heavy (non-hydrogen) atoms. The second-order valence-corrected chi connectivity index (χ2v) is 34.6. The highest BCUT2D eigenvalue weighted by Gasteiger charge is 2.30. The molecule has 0 bridgehead atoms. The van der Waals surface area contributed by atoms with Gasteiger partial charge < -0.3 is 33.8 Å². The monoisotopic (exact) mass is 1510 g/mol. The minimum Gasteiger partial charge on any atom is -0.462 e. The van der Waals surface area contributed by atoms with Crippen molar-refractivity contribution in [1.82, 2.24) is 0 Å². The molecule has 5 unspecified atom stereocenters. The van der Waals surface area contributed by atoms with Gasteiger partial charge in [-0.3, -0.25) is 37.3 Å². The van der Waals surface area contributed by atoms with Gasteiger partial charge in [-0.15, -0.1) is 0 Å². The number of phosphoric acid groups is 2. The summed E-state index contributed by atoms with van der Waals surface area (Å²) in [6.45, 7) is 14.3. The van der Waals surface area contributed by atoms with Crippen LogP contribution < -0.4 is 0 Å². The van der Waals surface area contributed by atoms with Crippen molar-refractivity contribution in [1.29, 1.82) is 0 Å². The molecule has 0 spiro atoms. The molecule has 0 amide bonds. The van der Waals surface area contributed by atoms with E-state index in [0.717, 1.165) is 114 Å². The number of esters is 4. The third-order valence-corrected chi connectivity index (χ3v) is 22.2. The fourth-order valence-electron chi connectivity index (χ4n) is 12.9. The Labute approximate surface area is 632 Å². The van der Waals surface area contributed by atoms with Crippen molar-refractivity contribution < 1.29 is 80.2 Å². The summed E-state index contributed by atoms with van der Waals surface area (Å²) < 4.78 is 68.8. The predicted molar refractivity (Wildman–Crippen MR) is 423 cm³/mol. The lowest BCUT2D eigenvalue weighted by atomic mass is 9.99. The number of aliphatic hydroxyl groups is 1. The Bertz CT molecular complexity index is 2010. The molecule has 0 aliphatic carbocycles. The standard InChI is InChI=1S/C84H164O17P2/c1-9-76(7)62-54-46-38-30-24-20-17-18-22-26-34-42-51-59-67-84(89)101-80(71-95-82(87)65-57-49-43-35-37-45-53-61-75(5)6)73-99-103(92,93)97-69-78(85)68-96-102(90,91)98-72-79(70-94-81(86)64-56-48-40-32-28-27-31-39-47-55-63-77(8)10-2)100-83(88)66-58-50-41-33-25-21-16-14-12-11-13-15-19-23-29-36-44-52-60-74(3)4/h74-80,85H,9-73H2,1-8H3,(H,90,91)(H,92,93)/t76?,77?,78?,79-,80-/m1/s1. The maximum absolute atomic E-state index is 13.1. The van der Waals surface area contributed by atoms with Crippen LogP contribution in [0.25, 0.3) is 0 Å². The summed E-state index contributed by atoms with van der Waals surface area (Å²) in [6.07, 6.45) is 61.0. The van der Waals surface area contributed by atoms with Gasteiger partial charge in [-0.2, -0.15) is 0 Å². The van der Waals surface area contributed by atoms with E-state index in [9.17, 15) is 43.2 Å². The summed E-state index contributed by atoms with van der Waals surface area (Å²) in [5, 5.41) is 10.7. The van der Waals surface area contributed by atoms with E-state index in [1.165, 1.54) is 231 Å². The summed E-state index contributed by atoms with van der Waals surface area (Å²) in [6, 6.07) is 0. The first-order valence-electron chi connectivity index (χ1n) is 43.3. The Morgan fingerprint density at radius 1 is 0.272 bits per heavy atom. The molecule has 0 aromatic carbocycles. The molecular formula is C84H164O17P2. The molecule has 0 aromatic rings. The van der Waals surface area contributed by atoms with Crippen LogP contribution in [0, 0.1) is 23.7 Å². The number of ether oxygens (including phenoxy) is 4. The Morgan fingerprint density at radius 3 is 0.689 bits per heavy atom. The quantitative estimate of drug-likeness (QED) is 0.0222. The second kappa shape index (κ2) is 72.9. The van der Waals surface area contributed by atoms with Crippen LogP contribution in [0.4, 0.5) is 0 Å². The molecule has 0 aromatic heterocycles. The fraction of sp³-hybridized carbons (Fsp3) is 0.952. The molecule has 7 atom stereocenters. The summed E-state index contributed by atoms with van der Waals surface area (Å²) >= 11 is 0. The average molecular weight is 1510 g/mol. The summed E-state index contributed by atoms with van der Waals surface area (Å²) in [5.74, 6) is 1.07. The van der Waals surface area contributed by atoms with E-state index in [0.29, 0.717) is 31.6 Å². The molecule has 0 fully saturated rings. The lowest BCUT2D eigenvalue weighted by Crippen LogP contribution is -2.30. The zero-order valence-corrected chi connectivity index (χ0v) is 69.7. The number of phosphoric ester groups is 2. The van der Waals surface area contributed by atoms with Gasteiger partial charge in [0.05, 0.1) is 26.4 Å². The SMILES string of the molecule is CCC(C)CCCCCCCCCCCCCCCCC(=O)O[C@H](COC(=O)CCCCCCCCCC(C)C)COP(=O)(O)OCC(O)COP(=O)(O)OC[C@@H](COC(=O)CCCCCCCCCCCCC(C)CC)OC(=O)CCCCCCCCCCCCCCCCCCCCC(C)C. The van der Waals surface area contributed by atoms with Gasteiger partial charge >= 0.3 is 39.5 Å². The molecular weight excluding hydrogens is 1340 g/mol. The number of carbonyl (C=O) groups is 4. The minimum absolute atomic E-state index is 0.107. The van der Waals surface area contributed by atoms with Crippen LogP contribution in [0.2, 0.25) is 0 Å². The normalized spacial score (nSPS) is 14.5. The molecule has 19 heteroatoms. The summed E-state index contributed by atoms with van der Waals surface area (Å²) in [4.78, 5) is 73.1. The highest BCUT2D eigenvalue weighted by atomic mass is 31.2. The van der Waals surface area contributed by atoms with Crippen LogP contribution in [0.15, 0.2) is 0 Å². The smallest absolute Gasteiger partial charge is 0.462 e. The third-order valence-electron chi connectivity index (χ3n) is 20.3. The highest BCUT2D eigenvalue weighted by Crippen LogP contribution is 2.45. The third kappa shape index (κ3) is 75.3. The van der Waals surface area contributed by atoms with Crippen molar-refractivity contribution in [2.45, 2.75) is 453 Å². The van der Waals surface area contributed by atoms with Crippen molar-refractivity contribution in [3.8, 4) is 0 Å². The number of carbonyl (C=O) groups excluding carboxylic acids is 4. The van der Waals surface area contributed by atoms with Gasteiger partial charge in [-0.1, -0.05) is 383 Å². The number of rotatable bonds is 81. The Morgan fingerprint density at radius 2 is 0.466 bits per heavy atom. The first-order chi connectivity index (χ1) is 49.7. The number of aliphatic hydroxyl groups excluding tert-OH is 1. The van der Waals surface area contributed by atoms with Crippen LogP contribution in [0.5, 0.6) is 0 Å². The lowest BCUT2D eigenvalue weighted by molar-refractivity contribution is -0.161. The molecule has 3 N–H and O–H groups in total. The van der Waals surface area contributed by atoms with Gasteiger partial charge in [-0.25, -0.2) is 9.13 Å². The molecule has 0 heterocycles. The van der Waals surface area contributed by atoms with Crippen LogP contribution in [0.3, 0.4) is 0 Å². The van der Waals surface area contributed by atoms with E-state index < -0.39 is 97.5 Å². The molecule has 0 rings (SSSR count). The highest BCUT2D eigenvalue weighted by molar-refractivity contribution is 7.47. The van der Waals surface area contributed by atoms with Gasteiger partial charge in [0.25, 0.3) is 0 Å². The topological polar surface area (TPSA) is 237 Å². The van der Waals surface area contributed by atoms with Gasteiger partial charge in [0.2, 0.25) is 0 Å². The van der Waals surface area contributed by atoms with E-state index in [4.69, 9.17) is 37.0 Å². The van der Waals surface area contributed by atoms with Crippen molar-refractivity contribution in [2.24, 2.45) is 23.7 Å². The molecule has 0 aliphatic rings. The van der Waals surface area contributed by atoms with Crippen molar-refractivity contribution in [3.05, 3.63) is 0 Å². The first-order valence-corrected chi connectivity index (χ1v) is 46.3. The average Bonchev–Trinajstić information content (AvgIpc) is 0.949. The first kappa shape index (κ1) is 101. The van der Waals surface area contributed by atoms with Crippen LogP contribution in [-0.2, 0) is 65.4 Å².